The van der Waals surface area contributed by atoms with Crippen molar-refractivity contribution in [3.63, 3.8) is 0 Å². The molecule has 1 aliphatic rings. The molecule has 84 valence electrons. The molecule has 1 saturated carbocycles. The molecule has 1 atom stereocenters. The third kappa shape index (κ3) is 1.81. The molecule has 0 spiro atoms. The van der Waals surface area contributed by atoms with Gasteiger partial charge in [-0.15, -0.1) is 0 Å². The van der Waals surface area contributed by atoms with Gasteiger partial charge in [0, 0.05) is 31.4 Å². The lowest BCUT2D eigenvalue weighted by atomic mass is 9.59. The lowest BCUT2D eigenvalue weighted by Crippen LogP contribution is -2.60. The summed E-state index contributed by atoms with van der Waals surface area (Å²) < 4.78 is 5.46. The maximum Gasteiger partial charge on any atom is 0.0762 e. The summed E-state index contributed by atoms with van der Waals surface area (Å²) in [7, 11) is 0. The minimum Gasteiger partial charge on any atom is -0.389 e. The Labute approximate surface area is 86.6 Å². The van der Waals surface area contributed by atoms with E-state index in [1.165, 1.54) is 0 Å². The average Bonchev–Trinajstić information content (AvgIpc) is 2.14. The van der Waals surface area contributed by atoms with Gasteiger partial charge < -0.3 is 15.6 Å². The maximum absolute atomic E-state index is 10.4. The Morgan fingerprint density at radius 1 is 1.50 bits per heavy atom. The van der Waals surface area contributed by atoms with Crippen LogP contribution in [0.25, 0.3) is 0 Å². The molecular weight excluding hydrogens is 178 g/mol. The van der Waals surface area contributed by atoms with Crippen molar-refractivity contribution < 1.29 is 9.84 Å². The summed E-state index contributed by atoms with van der Waals surface area (Å²) in [6.45, 7) is 7.40. The van der Waals surface area contributed by atoms with E-state index >= 15 is 0 Å². The van der Waals surface area contributed by atoms with E-state index < -0.39 is 5.60 Å². The zero-order valence-corrected chi connectivity index (χ0v) is 9.55. The molecule has 3 N–H and O–H groups in total. The third-order valence-corrected chi connectivity index (χ3v) is 3.89. The van der Waals surface area contributed by atoms with Crippen LogP contribution in [0.15, 0.2) is 0 Å². The molecule has 0 aliphatic heterocycles. The van der Waals surface area contributed by atoms with Crippen molar-refractivity contribution in [3.05, 3.63) is 0 Å². The van der Waals surface area contributed by atoms with Gasteiger partial charge >= 0.3 is 0 Å². The van der Waals surface area contributed by atoms with Crippen molar-refractivity contribution in [2.24, 2.45) is 11.1 Å². The summed E-state index contributed by atoms with van der Waals surface area (Å²) in [5.74, 6) is 0. The molecule has 1 unspecified atom stereocenters. The molecule has 0 aromatic carbocycles. The van der Waals surface area contributed by atoms with E-state index in [-0.39, 0.29) is 11.5 Å². The van der Waals surface area contributed by atoms with E-state index in [4.69, 9.17) is 10.5 Å². The van der Waals surface area contributed by atoms with Gasteiger partial charge in [-0.25, -0.2) is 0 Å². The van der Waals surface area contributed by atoms with Gasteiger partial charge in [0.1, 0.15) is 0 Å². The topological polar surface area (TPSA) is 55.5 Å². The summed E-state index contributed by atoms with van der Waals surface area (Å²) in [6.07, 6.45) is 2.63. The molecule has 0 radical (unpaired) electrons. The number of hydrogen-bond acceptors (Lipinski definition) is 3. The van der Waals surface area contributed by atoms with E-state index in [0.29, 0.717) is 6.54 Å². The first-order chi connectivity index (χ1) is 6.51. The third-order valence-electron chi connectivity index (χ3n) is 3.89. The number of nitrogens with two attached hydrogens (primary N) is 1. The Kier molecular flexibility index (Phi) is 3.56. The van der Waals surface area contributed by atoms with Crippen LogP contribution in [0.5, 0.6) is 0 Å². The van der Waals surface area contributed by atoms with E-state index in [0.717, 1.165) is 25.9 Å². The summed E-state index contributed by atoms with van der Waals surface area (Å²) in [4.78, 5) is 0. The zero-order chi connectivity index (χ0) is 10.8. The van der Waals surface area contributed by atoms with Crippen LogP contribution in [0.4, 0.5) is 0 Å². The van der Waals surface area contributed by atoms with Gasteiger partial charge in [0.25, 0.3) is 0 Å². The summed E-state index contributed by atoms with van der Waals surface area (Å²) in [6, 6.07) is 0. The Morgan fingerprint density at radius 2 is 2.07 bits per heavy atom. The van der Waals surface area contributed by atoms with Crippen LogP contribution >= 0.6 is 0 Å². The fourth-order valence-electron chi connectivity index (χ4n) is 2.20. The van der Waals surface area contributed by atoms with E-state index in [2.05, 4.69) is 13.8 Å². The fourth-order valence-corrected chi connectivity index (χ4v) is 2.20. The highest BCUT2D eigenvalue weighted by atomic mass is 16.5. The minimum atomic E-state index is -0.601. The molecule has 1 aliphatic carbocycles. The Balaban J connectivity index is 2.53. The second-order valence-corrected chi connectivity index (χ2v) is 4.64. The summed E-state index contributed by atoms with van der Waals surface area (Å²) in [5, 5.41) is 10.4. The molecule has 1 rings (SSSR count). The first-order valence-corrected chi connectivity index (χ1v) is 5.55. The standard InChI is InChI=1S/C11H23NO2/c1-4-10(3,8-12)11(13)6-9(7-11)14-5-2/h9,13H,4-8,12H2,1-3H3. The Bertz CT molecular complexity index is 184. The van der Waals surface area contributed by atoms with E-state index in [1.54, 1.807) is 0 Å². The van der Waals surface area contributed by atoms with Crippen molar-refractivity contribution >= 4 is 0 Å². The van der Waals surface area contributed by atoms with Crippen LogP contribution < -0.4 is 5.73 Å². The second kappa shape index (κ2) is 4.17. The van der Waals surface area contributed by atoms with Gasteiger partial charge in [-0.2, -0.15) is 0 Å². The van der Waals surface area contributed by atoms with Crippen LogP contribution in [-0.2, 0) is 4.74 Å². The number of aliphatic hydroxyl groups is 1. The molecule has 14 heavy (non-hydrogen) atoms. The first-order valence-electron chi connectivity index (χ1n) is 5.55. The smallest absolute Gasteiger partial charge is 0.0762 e. The number of ether oxygens (including phenoxy) is 1. The zero-order valence-electron chi connectivity index (χ0n) is 9.55. The monoisotopic (exact) mass is 201 g/mol. The van der Waals surface area contributed by atoms with Crippen molar-refractivity contribution in [2.45, 2.75) is 51.7 Å². The highest BCUT2D eigenvalue weighted by Crippen LogP contribution is 2.48. The van der Waals surface area contributed by atoms with Gasteiger partial charge in [0.05, 0.1) is 11.7 Å². The van der Waals surface area contributed by atoms with Gasteiger partial charge in [0.2, 0.25) is 0 Å². The van der Waals surface area contributed by atoms with Gasteiger partial charge in [-0.3, -0.25) is 0 Å². The molecule has 0 saturated heterocycles. The molecule has 0 bridgehead atoms. The normalized spacial score (nSPS) is 36.2. The maximum atomic E-state index is 10.4. The quantitative estimate of drug-likeness (QED) is 0.704. The highest BCUT2D eigenvalue weighted by molar-refractivity contribution is 5.06. The van der Waals surface area contributed by atoms with Crippen LogP contribution in [0, 0.1) is 5.41 Å². The van der Waals surface area contributed by atoms with Crippen molar-refractivity contribution in [2.75, 3.05) is 13.2 Å². The predicted octanol–water partition coefficient (Wildman–Crippen LogP) is 1.29. The van der Waals surface area contributed by atoms with Gasteiger partial charge in [0.15, 0.2) is 0 Å². The molecule has 0 heterocycles. The van der Waals surface area contributed by atoms with Crippen LogP contribution in [0.1, 0.15) is 40.0 Å². The van der Waals surface area contributed by atoms with Crippen LogP contribution in [0.2, 0.25) is 0 Å². The van der Waals surface area contributed by atoms with Crippen molar-refractivity contribution in [1.82, 2.24) is 0 Å². The molecule has 0 aromatic heterocycles. The molecular formula is C11H23NO2. The number of hydrogen-bond donors (Lipinski definition) is 2. The Hall–Kier alpha value is -0.120. The summed E-state index contributed by atoms with van der Waals surface area (Å²) >= 11 is 0. The highest BCUT2D eigenvalue weighted by Gasteiger charge is 2.54. The minimum absolute atomic E-state index is 0.152. The lowest BCUT2D eigenvalue weighted by molar-refractivity contribution is -0.196. The van der Waals surface area contributed by atoms with E-state index in [1.807, 2.05) is 6.92 Å². The van der Waals surface area contributed by atoms with Gasteiger partial charge in [-0.05, 0) is 13.3 Å². The molecule has 3 nitrogen and oxygen atoms in total. The van der Waals surface area contributed by atoms with Crippen LogP contribution in [0.3, 0.4) is 0 Å². The van der Waals surface area contributed by atoms with Crippen molar-refractivity contribution in [1.29, 1.82) is 0 Å². The number of rotatable bonds is 5. The first kappa shape index (κ1) is 12.0. The second-order valence-electron chi connectivity index (χ2n) is 4.64. The molecule has 0 amide bonds. The summed E-state index contributed by atoms with van der Waals surface area (Å²) in [5.41, 5.74) is 4.98. The SMILES string of the molecule is CCOC1CC(O)(C(C)(CC)CN)C1. The van der Waals surface area contributed by atoms with Crippen LogP contribution in [-0.4, -0.2) is 30.0 Å². The predicted molar refractivity (Wildman–Crippen MR) is 57.1 cm³/mol. The Morgan fingerprint density at radius 3 is 2.43 bits per heavy atom. The molecule has 0 aromatic rings. The van der Waals surface area contributed by atoms with Crippen molar-refractivity contribution in [3.8, 4) is 0 Å². The fraction of sp³-hybridized carbons (Fsp3) is 1.00. The average molecular weight is 201 g/mol. The molecule has 3 heteroatoms. The van der Waals surface area contributed by atoms with Gasteiger partial charge in [-0.1, -0.05) is 13.8 Å². The molecule has 1 fully saturated rings. The largest absolute Gasteiger partial charge is 0.389 e. The van der Waals surface area contributed by atoms with E-state index in [9.17, 15) is 5.11 Å². The lowest BCUT2D eigenvalue weighted by Gasteiger charge is -2.53.